The fraction of sp³-hybridized carbons (Fsp3) is 0.538. The zero-order chi connectivity index (χ0) is 13.4. The Morgan fingerprint density at radius 3 is 2.83 bits per heavy atom. The SMILES string of the molecule is COCCN(CCCN)C(=O)c1cncc(C)c1. The van der Waals surface area contributed by atoms with Crippen LogP contribution in [-0.2, 0) is 4.74 Å². The quantitative estimate of drug-likeness (QED) is 0.779. The third-order valence-corrected chi connectivity index (χ3v) is 2.61. The van der Waals surface area contributed by atoms with Crippen molar-refractivity contribution in [2.24, 2.45) is 5.73 Å². The normalized spacial score (nSPS) is 10.4. The van der Waals surface area contributed by atoms with Crippen LogP contribution in [0.25, 0.3) is 0 Å². The van der Waals surface area contributed by atoms with Crippen molar-refractivity contribution in [3.8, 4) is 0 Å². The summed E-state index contributed by atoms with van der Waals surface area (Å²) in [5, 5.41) is 0. The Kier molecular flexibility index (Phi) is 6.32. The maximum atomic E-state index is 12.3. The van der Waals surface area contributed by atoms with Crippen molar-refractivity contribution in [2.75, 3.05) is 33.4 Å². The average Bonchev–Trinajstić information content (AvgIpc) is 2.38. The highest BCUT2D eigenvalue weighted by atomic mass is 16.5. The minimum Gasteiger partial charge on any atom is -0.383 e. The van der Waals surface area contributed by atoms with Gasteiger partial charge < -0.3 is 15.4 Å². The van der Waals surface area contributed by atoms with Crippen LogP contribution in [0.4, 0.5) is 0 Å². The second-order valence-corrected chi connectivity index (χ2v) is 4.18. The molecule has 5 nitrogen and oxygen atoms in total. The van der Waals surface area contributed by atoms with Gasteiger partial charge in [0, 0.05) is 32.6 Å². The second kappa shape index (κ2) is 7.79. The van der Waals surface area contributed by atoms with Crippen molar-refractivity contribution in [3.63, 3.8) is 0 Å². The number of hydrogen-bond acceptors (Lipinski definition) is 4. The number of carbonyl (C=O) groups is 1. The smallest absolute Gasteiger partial charge is 0.255 e. The maximum Gasteiger partial charge on any atom is 0.255 e. The van der Waals surface area contributed by atoms with Gasteiger partial charge in [0.25, 0.3) is 5.91 Å². The summed E-state index contributed by atoms with van der Waals surface area (Å²) in [6.07, 6.45) is 4.11. The Hall–Kier alpha value is -1.46. The number of hydrogen-bond donors (Lipinski definition) is 1. The van der Waals surface area contributed by atoms with Crippen LogP contribution in [0.3, 0.4) is 0 Å². The van der Waals surface area contributed by atoms with Crippen molar-refractivity contribution in [1.29, 1.82) is 0 Å². The lowest BCUT2D eigenvalue weighted by molar-refractivity contribution is 0.0694. The largest absolute Gasteiger partial charge is 0.383 e. The number of pyridine rings is 1. The van der Waals surface area contributed by atoms with E-state index in [1.807, 2.05) is 13.0 Å². The molecular formula is C13H21N3O2. The van der Waals surface area contributed by atoms with Gasteiger partial charge in [0.1, 0.15) is 0 Å². The van der Waals surface area contributed by atoms with E-state index in [4.69, 9.17) is 10.5 Å². The standard InChI is InChI=1S/C13H21N3O2/c1-11-8-12(10-15-9-11)13(17)16(5-3-4-14)6-7-18-2/h8-10H,3-7,14H2,1-2H3. The van der Waals surface area contributed by atoms with Crippen LogP contribution in [0, 0.1) is 6.92 Å². The van der Waals surface area contributed by atoms with E-state index in [9.17, 15) is 4.79 Å². The van der Waals surface area contributed by atoms with Crippen LogP contribution >= 0.6 is 0 Å². The Labute approximate surface area is 108 Å². The molecule has 0 atom stereocenters. The molecule has 0 radical (unpaired) electrons. The molecule has 1 aromatic rings. The number of aryl methyl sites for hydroxylation is 1. The van der Waals surface area contributed by atoms with Crippen molar-refractivity contribution in [2.45, 2.75) is 13.3 Å². The summed E-state index contributed by atoms with van der Waals surface area (Å²) < 4.78 is 5.02. The minimum absolute atomic E-state index is 0.0169. The van der Waals surface area contributed by atoms with E-state index in [-0.39, 0.29) is 5.91 Å². The molecule has 0 unspecified atom stereocenters. The molecule has 18 heavy (non-hydrogen) atoms. The topological polar surface area (TPSA) is 68.5 Å². The first-order chi connectivity index (χ1) is 8.69. The number of methoxy groups -OCH3 is 1. The Morgan fingerprint density at radius 2 is 2.22 bits per heavy atom. The van der Waals surface area contributed by atoms with Crippen molar-refractivity contribution in [3.05, 3.63) is 29.6 Å². The van der Waals surface area contributed by atoms with Crippen LogP contribution in [0.15, 0.2) is 18.5 Å². The van der Waals surface area contributed by atoms with E-state index in [1.165, 1.54) is 0 Å². The molecule has 1 amide bonds. The summed E-state index contributed by atoms with van der Waals surface area (Å²) in [4.78, 5) is 18.1. The highest BCUT2D eigenvalue weighted by Gasteiger charge is 2.15. The van der Waals surface area contributed by atoms with Gasteiger partial charge in [-0.2, -0.15) is 0 Å². The number of carbonyl (C=O) groups excluding carboxylic acids is 1. The van der Waals surface area contributed by atoms with Crippen molar-refractivity contribution in [1.82, 2.24) is 9.88 Å². The van der Waals surface area contributed by atoms with Crippen LogP contribution in [0.1, 0.15) is 22.3 Å². The molecule has 0 saturated heterocycles. The first kappa shape index (κ1) is 14.6. The van der Waals surface area contributed by atoms with Gasteiger partial charge in [-0.3, -0.25) is 9.78 Å². The molecule has 0 aromatic carbocycles. The molecule has 0 aliphatic rings. The Balaban J connectivity index is 2.73. The van der Waals surface area contributed by atoms with Crippen LogP contribution < -0.4 is 5.73 Å². The molecule has 0 aliphatic heterocycles. The lowest BCUT2D eigenvalue weighted by Crippen LogP contribution is -2.35. The lowest BCUT2D eigenvalue weighted by atomic mass is 10.2. The molecular weight excluding hydrogens is 230 g/mol. The molecule has 0 spiro atoms. The molecule has 2 N–H and O–H groups in total. The molecule has 0 saturated carbocycles. The summed E-state index contributed by atoms with van der Waals surface area (Å²) in [6.45, 7) is 4.23. The van der Waals surface area contributed by atoms with Gasteiger partial charge in [0.2, 0.25) is 0 Å². The van der Waals surface area contributed by atoms with Gasteiger partial charge in [0.05, 0.1) is 12.2 Å². The molecule has 0 bridgehead atoms. The van der Waals surface area contributed by atoms with Gasteiger partial charge in [0.15, 0.2) is 0 Å². The number of aromatic nitrogens is 1. The first-order valence-electron chi connectivity index (χ1n) is 6.09. The lowest BCUT2D eigenvalue weighted by Gasteiger charge is -2.22. The van der Waals surface area contributed by atoms with E-state index >= 15 is 0 Å². The van der Waals surface area contributed by atoms with E-state index in [0.717, 1.165) is 12.0 Å². The van der Waals surface area contributed by atoms with Crippen LogP contribution in [-0.4, -0.2) is 49.1 Å². The fourth-order valence-corrected chi connectivity index (χ4v) is 1.65. The van der Waals surface area contributed by atoms with Gasteiger partial charge in [-0.1, -0.05) is 0 Å². The van der Waals surface area contributed by atoms with Gasteiger partial charge >= 0.3 is 0 Å². The molecule has 1 heterocycles. The molecule has 0 fully saturated rings. The van der Waals surface area contributed by atoms with Crippen LogP contribution in [0.2, 0.25) is 0 Å². The molecule has 1 rings (SSSR count). The highest BCUT2D eigenvalue weighted by molar-refractivity contribution is 5.94. The zero-order valence-corrected chi connectivity index (χ0v) is 11.1. The fourth-order valence-electron chi connectivity index (χ4n) is 1.65. The van der Waals surface area contributed by atoms with E-state index < -0.39 is 0 Å². The first-order valence-corrected chi connectivity index (χ1v) is 6.09. The summed E-state index contributed by atoms with van der Waals surface area (Å²) in [7, 11) is 1.62. The van der Waals surface area contributed by atoms with E-state index in [0.29, 0.717) is 31.8 Å². The third-order valence-electron chi connectivity index (χ3n) is 2.61. The van der Waals surface area contributed by atoms with E-state index in [1.54, 1.807) is 24.4 Å². The average molecular weight is 251 g/mol. The summed E-state index contributed by atoms with van der Waals surface area (Å²) in [5.74, 6) is -0.0169. The van der Waals surface area contributed by atoms with Gasteiger partial charge in [-0.05, 0) is 31.5 Å². The monoisotopic (exact) mass is 251 g/mol. The van der Waals surface area contributed by atoms with Gasteiger partial charge in [-0.25, -0.2) is 0 Å². The summed E-state index contributed by atoms with van der Waals surface area (Å²) in [5.41, 5.74) is 7.08. The van der Waals surface area contributed by atoms with Crippen molar-refractivity contribution >= 4 is 5.91 Å². The predicted molar refractivity (Wildman–Crippen MR) is 70.4 cm³/mol. The summed E-state index contributed by atoms with van der Waals surface area (Å²) >= 11 is 0. The molecule has 0 aliphatic carbocycles. The molecule has 5 heteroatoms. The second-order valence-electron chi connectivity index (χ2n) is 4.18. The molecule has 1 aromatic heterocycles. The number of nitrogens with zero attached hydrogens (tertiary/aromatic N) is 2. The van der Waals surface area contributed by atoms with Crippen molar-refractivity contribution < 1.29 is 9.53 Å². The van der Waals surface area contributed by atoms with Crippen LogP contribution in [0.5, 0.6) is 0 Å². The summed E-state index contributed by atoms with van der Waals surface area (Å²) in [6, 6.07) is 1.84. The van der Waals surface area contributed by atoms with Gasteiger partial charge in [-0.15, -0.1) is 0 Å². The number of amides is 1. The Morgan fingerprint density at radius 1 is 1.44 bits per heavy atom. The Bertz CT molecular complexity index is 374. The minimum atomic E-state index is -0.0169. The maximum absolute atomic E-state index is 12.3. The predicted octanol–water partition coefficient (Wildman–Crippen LogP) is 0.827. The third kappa shape index (κ3) is 4.43. The molecule has 100 valence electrons. The van der Waals surface area contributed by atoms with E-state index in [2.05, 4.69) is 4.98 Å². The zero-order valence-electron chi connectivity index (χ0n) is 11.1. The number of rotatable bonds is 7. The number of ether oxygens (including phenoxy) is 1. The number of nitrogens with two attached hydrogens (primary N) is 1. The highest BCUT2D eigenvalue weighted by Crippen LogP contribution is 2.06.